The Hall–Kier alpha value is -4.74. The van der Waals surface area contributed by atoms with E-state index in [0.29, 0.717) is 33.0 Å². The molecule has 0 saturated heterocycles. The zero-order valence-electron chi connectivity index (χ0n) is 21.5. The minimum Gasteiger partial charge on any atom is -0.493 e. The summed E-state index contributed by atoms with van der Waals surface area (Å²) in [7, 11) is 1.77. The number of amides is 1. The van der Waals surface area contributed by atoms with Crippen molar-refractivity contribution in [2.75, 3.05) is 10.6 Å². The predicted molar refractivity (Wildman–Crippen MR) is 160 cm³/mol. The summed E-state index contributed by atoms with van der Waals surface area (Å²) in [5, 5.41) is 26.0. The quantitative estimate of drug-likeness (QED) is 0.172. The average Bonchev–Trinajstić information content (AvgIpc) is 3.33. The third-order valence-electron chi connectivity index (χ3n) is 6.37. The van der Waals surface area contributed by atoms with Gasteiger partial charge in [-0.2, -0.15) is 0 Å². The molecular formula is C28H24ClN7O3S. The lowest BCUT2D eigenvalue weighted by Crippen LogP contribution is -2.21. The molecule has 0 fully saturated rings. The Morgan fingerprint density at radius 3 is 2.40 bits per heavy atom. The first-order valence-electron chi connectivity index (χ1n) is 12.2. The summed E-state index contributed by atoms with van der Waals surface area (Å²) < 4.78 is 4.67. The number of fused-ring (bicyclic) bond motifs is 1. The number of carbonyl (C=O) groups excluding carboxylic acids is 1. The van der Waals surface area contributed by atoms with Crippen LogP contribution in [0.1, 0.15) is 5.69 Å². The van der Waals surface area contributed by atoms with Crippen molar-refractivity contribution in [2.24, 2.45) is 17.3 Å². The van der Waals surface area contributed by atoms with Gasteiger partial charge in [-0.25, -0.2) is 4.68 Å². The number of carbonyl (C=O) groups is 1. The molecule has 0 saturated carbocycles. The number of rotatable bonds is 6. The molecule has 0 bridgehead atoms. The lowest BCUT2D eigenvalue weighted by Gasteiger charge is -2.08. The van der Waals surface area contributed by atoms with Gasteiger partial charge in [0.1, 0.15) is 12.2 Å². The van der Waals surface area contributed by atoms with Gasteiger partial charge in [-0.3, -0.25) is 14.3 Å². The first-order valence-corrected chi connectivity index (χ1v) is 13.0. The van der Waals surface area contributed by atoms with Crippen LogP contribution in [0, 0.1) is 6.92 Å². The van der Waals surface area contributed by atoms with Crippen LogP contribution in [-0.2, 0) is 18.4 Å². The number of benzene rings is 3. The van der Waals surface area contributed by atoms with Gasteiger partial charge >= 0.3 is 0 Å². The number of thiocarbonyl (C=S) groups is 1. The van der Waals surface area contributed by atoms with E-state index >= 15 is 0 Å². The van der Waals surface area contributed by atoms with Crippen molar-refractivity contribution in [1.29, 1.82) is 0 Å². The maximum Gasteiger partial charge on any atom is 0.295 e. The van der Waals surface area contributed by atoms with Crippen LogP contribution in [0.25, 0.3) is 16.6 Å². The molecule has 2 heterocycles. The molecule has 0 aliphatic rings. The van der Waals surface area contributed by atoms with Crippen molar-refractivity contribution in [3.8, 4) is 11.6 Å². The monoisotopic (exact) mass is 573 g/mol. The number of aromatic nitrogens is 3. The third kappa shape index (κ3) is 5.24. The third-order valence-corrected chi connectivity index (χ3v) is 6.81. The van der Waals surface area contributed by atoms with E-state index in [1.165, 1.54) is 9.25 Å². The minimum absolute atomic E-state index is 0.0669. The van der Waals surface area contributed by atoms with Crippen LogP contribution in [0.15, 0.2) is 93.9 Å². The van der Waals surface area contributed by atoms with Crippen LogP contribution in [0.5, 0.6) is 5.88 Å². The molecule has 40 heavy (non-hydrogen) atoms. The van der Waals surface area contributed by atoms with E-state index in [4.69, 9.17) is 23.8 Å². The minimum atomic E-state index is -0.353. The molecular weight excluding hydrogens is 550 g/mol. The van der Waals surface area contributed by atoms with Crippen LogP contribution in [0.2, 0.25) is 5.02 Å². The maximum atomic E-state index is 13.2. The number of hydrogen-bond donors (Lipinski definition) is 3. The molecule has 0 spiro atoms. The smallest absolute Gasteiger partial charge is 0.295 e. The van der Waals surface area contributed by atoms with Crippen LogP contribution >= 0.6 is 23.8 Å². The van der Waals surface area contributed by atoms with Gasteiger partial charge in [0.15, 0.2) is 5.69 Å². The van der Waals surface area contributed by atoms with Crippen LogP contribution in [0.4, 0.5) is 17.1 Å². The van der Waals surface area contributed by atoms with Gasteiger partial charge in [0.05, 0.1) is 16.9 Å². The van der Waals surface area contributed by atoms with Crippen molar-refractivity contribution in [3.05, 3.63) is 99.9 Å². The summed E-state index contributed by atoms with van der Waals surface area (Å²) in [6, 6.07) is 23.0. The molecule has 2 aromatic heterocycles. The van der Waals surface area contributed by atoms with Crippen molar-refractivity contribution >= 4 is 62.8 Å². The predicted octanol–water partition coefficient (Wildman–Crippen LogP) is 5.92. The van der Waals surface area contributed by atoms with E-state index in [1.807, 2.05) is 30.3 Å². The van der Waals surface area contributed by atoms with Gasteiger partial charge in [0.2, 0.25) is 16.9 Å². The lowest BCUT2D eigenvalue weighted by atomic mass is 10.2. The van der Waals surface area contributed by atoms with Crippen molar-refractivity contribution in [2.45, 2.75) is 13.5 Å². The average molecular weight is 574 g/mol. The highest BCUT2D eigenvalue weighted by atomic mass is 35.5. The van der Waals surface area contributed by atoms with Crippen molar-refractivity contribution in [1.82, 2.24) is 13.9 Å². The molecule has 1 amide bonds. The van der Waals surface area contributed by atoms with E-state index in [-0.39, 0.29) is 40.4 Å². The molecule has 0 unspecified atom stereocenters. The number of nitrogens with one attached hydrogen (secondary N) is 2. The standard InChI is InChI=1S/C28H24ClN7O3S/c1-17-24(27(39)36(34(17)2)20-8-4-3-5-9-20)31-28(40)33-32-25-21-10-6-7-11-22(21)35(26(25)38)16-23(37)30-19-14-12-18(29)13-15-19/h3-15,38H,16H2,1-2H3,(H,30,37)(H,31,40). The largest absolute Gasteiger partial charge is 0.493 e. The van der Waals surface area contributed by atoms with Gasteiger partial charge in [-0.15, -0.1) is 10.2 Å². The number of para-hydroxylation sites is 2. The molecule has 5 rings (SSSR count). The van der Waals surface area contributed by atoms with E-state index in [0.717, 1.165) is 0 Å². The number of aromatic hydroxyl groups is 1. The van der Waals surface area contributed by atoms with E-state index in [9.17, 15) is 14.7 Å². The number of nitrogens with zero attached hydrogens (tertiary/aromatic N) is 5. The fourth-order valence-corrected chi connectivity index (χ4v) is 4.62. The molecule has 0 aliphatic heterocycles. The SMILES string of the molecule is Cc1c(NC(=S)N=Nc2c(O)n(CC(=O)Nc3ccc(Cl)cc3)c3ccccc23)c(=O)n(-c2ccccc2)n1C. The molecule has 202 valence electrons. The molecule has 10 nitrogen and oxygen atoms in total. The summed E-state index contributed by atoms with van der Waals surface area (Å²) in [6.07, 6.45) is 0. The second-order valence-electron chi connectivity index (χ2n) is 8.90. The van der Waals surface area contributed by atoms with Gasteiger partial charge in [0.25, 0.3) is 5.56 Å². The highest BCUT2D eigenvalue weighted by Crippen LogP contribution is 2.38. The Morgan fingerprint density at radius 1 is 1.00 bits per heavy atom. The highest BCUT2D eigenvalue weighted by Gasteiger charge is 2.20. The van der Waals surface area contributed by atoms with Crippen LogP contribution in [-0.4, -0.2) is 30.1 Å². The fourth-order valence-electron chi connectivity index (χ4n) is 4.35. The Balaban J connectivity index is 1.39. The topological polar surface area (TPSA) is 118 Å². The molecule has 12 heteroatoms. The summed E-state index contributed by atoms with van der Waals surface area (Å²) in [5.74, 6) is -0.602. The van der Waals surface area contributed by atoms with E-state index in [1.54, 1.807) is 67.2 Å². The molecule has 5 aromatic rings. The summed E-state index contributed by atoms with van der Waals surface area (Å²) in [6.45, 7) is 1.62. The Kier molecular flexibility index (Phi) is 7.50. The normalized spacial score (nSPS) is 11.3. The Morgan fingerprint density at radius 2 is 1.68 bits per heavy atom. The Labute approximate surface area is 239 Å². The van der Waals surface area contributed by atoms with Crippen molar-refractivity contribution in [3.63, 3.8) is 0 Å². The first-order chi connectivity index (χ1) is 19.2. The maximum absolute atomic E-state index is 13.2. The lowest BCUT2D eigenvalue weighted by molar-refractivity contribution is -0.116. The van der Waals surface area contributed by atoms with Crippen molar-refractivity contribution < 1.29 is 9.90 Å². The molecule has 0 aliphatic carbocycles. The van der Waals surface area contributed by atoms with E-state index < -0.39 is 0 Å². The fraction of sp³-hybridized carbons (Fsp3) is 0.107. The van der Waals surface area contributed by atoms with Crippen LogP contribution in [0.3, 0.4) is 0 Å². The highest BCUT2D eigenvalue weighted by molar-refractivity contribution is 7.80. The summed E-state index contributed by atoms with van der Waals surface area (Å²) in [5.41, 5.74) is 2.63. The zero-order chi connectivity index (χ0) is 28.4. The molecule has 0 radical (unpaired) electrons. The second-order valence-corrected chi connectivity index (χ2v) is 9.72. The summed E-state index contributed by atoms with van der Waals surface area (Å²) in [4.78, 5) is 25.9. The first kappa shape index (κ1) is 26.9. The molecule has 3 aromatic carbocycles. The number of hydrogen-bond acceptors (Lipinski definition) is 5. The number of azo groups is 1. The van der Waals surface area contributed by atoms with E-state index in [2.05, 4.69) is 20.9 Å². The van der Waals surface area contributed by atoms with Crippen LogP contribution < -0.4 is 16.2 Å². The zero-order valence-corrected chi connectivity index (χ0v) is 23.1. The molecule has 3 N–H and O–H groups in total. The van der Waals surface area contributed by atoms with Gasteiger partial charge in [-0.05, 0) is 61.6 Å². The van der Waals surface area contributed by atoms with Gasteiger partial charge in [-0.1, -0.05) is 48.0 Å². The number of halogens is 1. The van der Waals surface area contributed by atoms with Gasteiger partial charge in [0, 0.05) is 23.1 Å². The summed E-state index contributed by atoms with van der Waals surface area (Å²) >= 11 is 11.3. The molecule has 0 atom stereocenters. The number of anilines is 2. The Bertz CT molecular complexity index is 1820. The van der Waals surface area contributed by atoms with Gasteiger partial charge < -0.3 is 20.3 Å². The second kappa shape index (κ2) is 11.2.